The van der Waals surface area contributed by atoms with Crippen LogP contribution in [-0.4, -0.2) is 42.5 Å². The van der Waals surface area contributed by atoms with Gasteiger partial charge in [-0.3, -0.25) is 4.68 Å². The summed E-state index contributed by atoms with van der Waals surface area (Å²) < 4.78 is 3.69. The molecule has 0 unspecified atom stereocenters. The normalized spacial score (nSPS) is 15.0. The Morgan fingerprint density at radius 3 is 2.73 bits per heavy atom. The maximum atomic E-state index is 4.68. The van der Waals surface area contributed by atoms with Crippen LogP contribution in [0.4, 0.5) is 5.95 Å². The van der Waals surface area contributed by atoms with Crippen molar-refractivity contribution in [2.45, 2.75) is 25.7 Å². The van der Waals surface area contributed by atoms with Gasteiger partial charge in [0.05, 0.1) is 0 Å². The van der Waals surface area contributed by atoms with Crippen molar-refractivity contribution < 1.29 is 0 Å². The zero-order valence-electron chi connectivity index (χ0n) is 12.7. The first-order chi connectivity index (χ1) is 10.8. The highest BCUT2D eigenvalue weighted by atomic mass is 15.4. The summed E-state index contributed by atoms with van der Waals surface area (Å²) in [4.78, 5) is 11.5. The predicted octanol–water partition coefficient (Wildman–Crippen LogP) is 1.24. The van der Waals surface area contributed by atoms with Gasteiger partial charge in [-0.05, 0) is 25.0 Å². The zero-order chi connectivity index (χ0) is 14.9. The van der Waals surface area contributed by atoms with Gasteiger partial charge in [0.2, 0.25) is 5.95 Å². The topological polar surface area (TPSA) is 64.1 Å². The first kappa shape index (κ1) is 13.2. The number of anilines is 1. The maximum Gasteiger partial charge on any atom is 0.244 e. The monoisotopic (exact) mass is 297 g/mol. The third-order valence-electron chi connectivity index (χ3n) is 4.09. The third-order valence-corrected chi connectivity index (χ3v) is 4.09. The van der Waals surface area contributed by atoms with Gasteiger partial charge in [0.15, 0.2) is 11.5 Å². The number of pyridine rings is 1. The summed E-state index contributed by atoms with van der Waals surface area (Å²) in [6.07, 6.45) is 5.96. The van der Waals surface area contributed by atoms with Crippen LogP contribution in [0.25, 0.3) is 5.65 Å². The van der Waals surface area contributed by atoms with E-state index in [4.69, 9.17) is 0 Å². The van der Waals surface area contributed by atoms with E-state index in [0.29, 0.717) is 0 Å². The summed E-state index contributed by atoms with van der Waals surface area (Å²) in [6.45, 7) is 2.13. The molecule has 1 aliphatic heterocycles. The molecule has 4 heterocycles. The van der Waals surface area contributed by atoms with Crippen molar-refractivity contribution in [2.75, 3.05) is 18.0 Å². The van der Waals surface area contributed by atoms with Crippen molar-refractivity contribution in [2.24, 2.45) is 7.05 Å². The van der Waals surface area contributed by atoms with Crippen molar-refractivity contribution in [3.63, 3.8) is 0 Å². The largest absolute Gasteiger partial charge is 0.340 e. The van der Waals surface area contributed by atoms with Crippen LogP contribution in [-0.2, 0) is 19.9 Å². The molecule has 1 saturated heterocycles. The van der Waals surface area contributed by atoms with E-state index in [0.717, 1.165) is 49.2 Å². The van der Waals surface area contributed by atoms with E-state index in [1.54, 1.807) is 0 Å². The summed E-state index contributed by atoms with van der Waals surface area (Å²) in [6, 6.07) is 5.89. The van der Waals surface area contributed by atoms with E-state index in [1.165, 1.54) is 12.8 Å². The van der Waals surface area contributed by atoms with E-state index < -0.39 is 0 Å². The molecule has 22 heavy (non-hydrogen) atoms. The van der Waals surface area contributed by atoms with Gasteiger partial charge in [0.1, 0.15) is 5.82 Å². The lowest BCUT2D eigenvalue weighted by Crippen LogP contribution is -2.19. The van der Waals surface area contributed by atoms with Crippen LogP contribution >= 0.6 is 0 Å². The summed E-state index contributed by atoms with van der Waals surface area (Å²) in [5.74, 6) is 2.69. The molecule has 0 bridgehead atoms. The number of nitrogens with zero attached hydrogens (tertiary/aromatic N) is 7. The molecule has 0 spiro atoms. The molecule has 3 aromatic heterocycles. The van der Waals surface area contributed by atoms with Gasteiger partial charge in [-0.25, -0.2) is 9.50 Å². The smallest absolute Gasteiger partial charge is 0.244 e. The number of aryl methyl sites for hydroxylation is 3. The molecule has 0 N–H and O–H groups in total. The van der Waals surface area contributed by atoms with Crippen molar-refractivity contribution >= 4 is 11.6 Å². The van der Waals surface area contributed by atoms with E-state index in [1.807, 2.05) is 40.6 Å². The van der Waals surface area contributed by atoms with Crippen LogP contribution in [0.15, 0.2) is 24.4 Å². The molecule has 1 aliphatic rings. The van der Waals surface area contributed by atoms with Crippen molar-refractivity contribution in [1.82, 2.24) is 29.4 Å². The van der Waals surface area contributed by atoms with Crippen molar-refractivity contribution in [3.05, 3.63) is 36.0 Å². The summed E-state index contributed by atoms with van der Waals surface area (Å²) in [5.41, 5.74) is 0.883. The minimum atomic E-state index is 0.771. The van der Waals surface area contributed by atoms with Gasteiger partial charge >= 0.3 is 0 Å². The quantitative estimate of drug-likeness (QED) is 0.725. The van der Waals surface area contributed by atoms with Gasteiger partial charge in [0, 0.05) is 39.2 Å². The minimum Gasteiger partial charge on any atom is -0.340 e. The van der Waals surface area contributed by atoms with Gasteiger partial charge in [0.25, 0.3) is 0 Å². The number of rotatable bonds is 4. The SMILES string of the molecule is Cn1nc(N2CCCC2)nc1CCc1nc2ccccn2n1. The van der Waals surface area contributed by atoms with Crippen LogP contribution < -0.4 is 4.90 Å². The molecule has 0 aliphatic carbocycles. The fraction of sp³-hybridized carbons (Fsp3) is 0.467. The Labute approximate surface area is 128 Å². The Bertz CT molecular complexity index is 749. The van der Waals surface area contributed by atoms with Crippen LogP contribution in [0.1, 0.15) is 24.5 Å². The number of hydrogen-bond acceptors (Lipinski definition) is 5. The molecular formula is C15H19N7. The van der Waals surface area contributed by atoms with Gasteiger partial charge in [-0.2, -0.15) is 10.1 Å². The second-order valence-electron chi connectivity index (χ2n) is 5.68. The highest BCUT2D eigenvalue weighted by Crippen LogP contribution is 2.16. The second kappa shape index (κ2) is 5.40. The molecule has 0 saturated carbocycles. The third kappa shape index (κ3) is 2.43. The highest BCUT2D eigenvalue weighted by molar-refractivity contribution is 5.36. The Kier molecular flexibility index (Phi) is 3.25. The van der Waals surface area contributed by atoms with Crippen LogP contribution in [0.2, 0.25) is 0 Å². The van der Waals surface area contributed by atoms with Crippen molar-refractivity contribution in [3.8, 4) is 0 Å². The summed E-state index contributed by atoms with van der Waals surface area (Å²) in [5, 5.41) is 9.01. The molecular weight excluding hydrogens is 278 g/mol. The van der Waals surface area contributed by atoms with E-state index in [9.17, 15) is 0 Å². The second-order valence-corrected chi connectivity index (χ2v) is 5.68. The molecule has 3 aromatic rings. The number of fused-ring (bicyclic) bond motifs is 1. The lowest BCUT2D eigenvalue weighted by atomic mass is 10.3. The first-order valence-electron chi connectivity index (χ1n) is 7.75. The van der Waals surface area contributed by atoms with Crippen LogP contribution in [0, 0.1) is 0 Å². The van der Waals surface area contributed by atoms with Crippen LogP contribution in [0.3, 0.4) is 0 Å². The first-order valence-corrected chi connectivity index (χ1v) is 7.75. The molecule has 4 rings (SSSR count). The molecule has 1 fully saturated rings. The van der Waals surface area contributed by atoms with Crippen molar-refractivity contribution in [1.29, 1.82) is 0 Å². The van der Waals surface area contributed by atoms with E-state index >= 15 is 0 Å². The lowest BCUT2D eigenvalue weighted by Gasteiger charge is -2.10. The standard InChI is InChI=1S/C15H19N7/c1-20-13(17-15(19-20)21-9-4-5-10-21)8-7-12-16-14-6-2-3-11-22(14)18-12/h2-3,6,11H,4-5,7-10H2,1H3. The molecule has 0 atom stereocenters. The van der Waals surface area contributed by atoms with Crippen LogP contribution in [0.5, 0.6) is 0 Å². The molecule has 7 heteroatoms. The molecule has 0 amide bonds. The minimum absolute atomic E-state index is 0.771. The summed E-state index contributed by atoms with van der Waals surface area (Å²) >= 11 is 0. The maximum absolute atomic E-state index is 4.68. The predicted molar refractivity (Wildman–Crippen MR) is 82.8 cm³/mol. The van der Waals surface area contributed by atoms with E-state index in [-0.39, 0.29) is 0 Å². The average Bonchev–Trinajstić information content (AvgIpc) is 3.24. The number of aromatic nitrogens is 6. The van der Waals surface area contributed by atoms with Gasteiger partial charge in [-0.15, -0.1) is 5.10 Å². The van der Waals surface area contributed by atoms with Gasteiger partial charge in [-0.1, -0.05) is 6.07 Å². The Hall–Kier alpha value is -2.44. The van der Waals surface area contributed by atoms with Gasteiger partial charge < -0.3 is 4.90 Å². The molecule has 114 valence electrons. The Morgan fingerprint density at radius 1 is 1.05 bits per heavy atom. The summed E-state index contributed by atoms with van der Waals surface area (Å²) in [7, 11) is 1.96. The Morgan fingerprint density at radius 2 is 1.91 bits per heavy atom. The fourth-order valence-electron chi connectivity index (χ4n) is 2.88. The Balaban J connectivity index is 1.48. The molecule has 7 nitrogen and oxygen atoms in total. The zero-order valence-corrected chi connectivity index (χ0v) is 12.7. The fourth-order valence-corrected chi connectivity index (χ4v) is 2.88. The van der Waals surface area contributed by atoms with E-state index in [2.05, 4.69) is 25.1 Å². The lowest BCUT2D eigenvalue weighted by molar-refractivity contribution is 0.681. The molecule has 0 aromatic carbocycles. The number of hydrogen-bond donors (Lipinski definition) is 0. The highest BCUT2D eigenvalue weighted by Gasteiger charge is 2.18. The molecule has 0 radical (unpaired) electrons. The average molecular weight is 297 g/mol.